The Bertz CT molecular complexity index is 906. The van der Waals surface area contributed by atoms with Gasteiger partial charge in [0.2, 0.25) is 5.78 Å². The third-order valence-electron chi connectivity index (χ3n) is 4.95. The predicted molar refractivity (Wildman–Crippen MR) is 106 cm³/mol. The standard InChI is InChI=1S/C22H25NO6/c1-13-20(15(3)24)14(2)23-21(13)19(25)12-29-22(26)16-6-8-17(9-7-16)28-11-18-5-4-10-27-18/h6-9,18,23H,4-5,10-12H2,1-3H3/t18-/m0/s1. The molecule has 1 aromatic carbocycles. The van der Waals surface area contributed by atoms with E-state index in [2.05, 4.69) is 4.98 Å². The van der Waals surface area contributed by atoms with Crippen molar-refractivity contribution in [3.63, 3.8) is 0 Å². The summed E-state index contributed by atoms with van der Waals surface area (Å²) >= 11 is 0. The zero-order valence-corrected chi connectivity index (χ0v) is 16.9. The van der Waals surface area contributed by atoms with Gasteiger partial charge in [-0.3, -0.25) is 9.59 Å². The molecule has 0 aliphatic carbocycles. The van der Waals surface area contributed by atoms with Crippen LogP contribution in [-0.4, -0.2) is 48.4 Å². The van der Waals surface area contributed by atoms with E-state index >= 15 is 0 Å². The molecule has 1 aliphatic rings. The first-order valence-corrected chi connectivity index (χ1v) is 9.61. The largest absolute Gasteiger partial charge is 0.491 e. The minimum absolute atomic E-state index is 0.117. The number of Topliss-reactive ketones (excluding diaryl/α,β-unsaturated/α-hetero) is 2. The maximum absolute atomic E-state index is 12.4. The van der Waals surface area contributed by atoms with Crippen molar-refractivity contribution in [1.82, 2.24) is 4.98 Å². The minimum atomic E-state index is -0.600. The zero-order valence-electron chi connectivity index (χ0n) is 16.9. The Morgan fingerprint density at radius 1 is 1.17 bits per heavy atom. The molecular formula is C22H25NO6. The number of hydrogen-bond acceptors (Lipinski definition) is 6. The first-order chi connectivity index (χ1) is 13.9. The summed E-state index contributed by atoms with van der Waals surface area (Å²) in [7, 11) is 0. The summed E-state index contributed by atoms with van der Waals surface area (Å²) in [5.41, 5.74) is 2.31. The van der Waals surface area contributed by atoms with Crippen molar-refractivity contribution in [3.8, 4) is 5.75 Å². The van der Waals surface area contributed by atoms with Gasteiger partial charge in [-0.15, -0.1) is 0 Å². The van der Waals surface area contributed by atoms with Crippen LogP contribution in [0.25, 0.3) is 0 Å². The maximum atomic E-state index is 12.4. The van der Waals surface area contributed by atoms with Gasteiger partial charge in [0.1, 0.15) is 12.4 Å². The molecule has 0 unspecified atom stereocenters. The molecule has 1 aliphatic heterocycles. The number of aryl methyl sites for hydroxylation is 1. The number of H-pyrrole nitrogens is 1. The van der Waals surface area contributed by atoms with Crippen LogP contribution in [-0.2, 0) is 9.47 Å². The molecule has 7 nitrogen and oxygen atoms in total. The molecule has 1 aromatic heterocycles. The van der Waals surface area contributed by atoms with Gasteiger partial charge >= 0.3 is 5.97 Å². The number of nitrogens with one attached hydrogen (secondary N) is 1. The Kier molecular flexibility index (Phi) is 6.49. The van der Waals surface area contributed by atoms with E-state index in [4.69, 9.17) is 14.2 Å². The van der Waals surface area contributed by atoms with Gasteiger partial charge in [-0.2, -0.15) is 0 Å². The molecule has 29 heavy (non-hydrogen) atoms. The number of aromatic amines is 1. The van der Waals surface area contributed by atoms with E-state index in [0.29, 0.717) is 40.4 Å². The Balaban J connectivity index is 1.54. The fraction of sp³-hybridized carbons (Fsp3) is 0.409. The number of hydrogen-bond donors (Lipinski definition) is 1. The molecule has 154 valence electrons. The molecule has 1 saturated heterocycles. The molecule has 1 fully saturated rings. The Labute approximate surface area is 169 Å². The predicted octanol–water partition coefficient (Wildman–Crippen LogP) is 3.43. The highest BCUT2D eigenvalue weighted by molar-refractivity contribution is 6.04. The molecule has 3 rings (SSSR count). The molecule has 0 bridgehead atoms. The Morgan fingerprint density at radius 3 is 2.48 bits per heavy atom. The molecular weight excluding hydrogens is 374 g/mol. The van der Waals surface area contributed by atoms with Crippen LogP contribution in [0.15, 0.2) is 24.3 Å². The molecule has 1 N–H and O–H groups in total. The van der Waals surface area contributed by atoms with E-state index in [0.717, 1.165) is 19.4 Å². The van der Waals surface area contributed by atoms with Crippen molar-refractivity contribution in [1.29, 1.82) is 0 Å². The van der Waals surface area contributed by atoms with Crippen molar-refractivity contribution in [3.05, 3.63) is 52.3 Å². The SMILES string of the molecule is CC(=O)c1c(C)[nH]c(C(=O)COC(=O)c2ccc(OC[C@@H]3CCCO3)cc2)c1C. The molecule has 2 aromatic rings. The Hall–Kier alpha value is -2.93. The van der Waals surface area contributed by atoms with Crippen LogP contribution < -0.4 is 4.74 Å². The summed E-state index contributed by atoms with van der Waals surface area (Å²) in [6.07, 6.45) is 2.16. The second-order valence-corrected chi connectivity index (χ2v) is 7.15. The lowest BCUT2D eigenvalue weighted by molar-refractivity contribution is 0.0473. The highest BCUT2D eigenvalue weighted by Crippen LogP contribution is 2.20. The average Bonchev–Trinajstić information content (AvgIpc) is 3.32. The summed E-state index contributed by atoms with van der Waals surface area (Å²) in [5.74, 6) is -0.462. The molecule has 0 amide bonds. The molecule has 7 heteroatoms. The molecule has 0 saturated carbocycles. The molecule has 2 heterocycles. The summed E-state index contributed by atoms with van der Waals surface area (Å²) in [6.45, 7) is 5.73. The van der Waals surface area contributed by atoms with Gasteiger partial charge < -0.3 is 19.2 Å². The normalized spacial score (nSPS) is 15.9. The van der Waals surface area contributed by atoms with Crippen molar-refractivity contribution in [2.45, 2.75) is 39.7 Å². The summed E-state index contributed by atoms with van der Waals surface area (Å²) in [6, 6.07) is 6.56. The molecule has 1 atom stereocenters. The number of benzene rings is 1. The average molecular weight is 399 g/mol. The van der Waals surface area contributed by atoms with Crippen molar-refractivity contribution in [2.24, 2.45) is 0 Å². The van der Waals surface area contributed by atoms with Gasteiger partial charge in [0.25, 0.3) is 0 Å². The van der Waals surface area contributed by atoms with Crippen LogP contribution in [0, 0.1) is 13.8 Å². The van der Waals surface area contributed by atoms with Crippen molar-refractivity contribution in [2.75, 3.05) is 19.8 Å². The highest BCUT2D eigenvalue weighted by Gasteiger charge is 2.21. The van der Waals surface area contributed by atoms with Crippen LogP contribution in [0.1, 0.15) is 62.2 Å². The van der Waals surface area contributed by atoms with Gasteiger partial charge in [0, 0.05) is 17.9 Å². The smallest absolute Gasteiger partial charge is 0.338 e. The van der Waals surface area contributed by atoms with Crippen LogP contribution >= 0.6 is 0 Å². The highest BCUT2D eigenvalue weighted by atomic mass is 16.5. The third-order valence-corrected chi connectivity index (χ3v) is 4.95. The fourth-order valence-electron chi connectivity index (χ4n) is 3.50. The van der Waals surface area contributed by atoms with Gasteiger partial charge in [0.15, 0.2) is 12.4 Å². The third kappa shape index (κ3) is 4.92. The number of carbonyl (C=O) groups excluding carboxylic acids is 3. The first kappa shape index (κ1) is 20.8. The molecule has 0 spiro atoms. The van der Waals surface area contributed by atoms with E-state index in [1.165, 1.54) is 6.92 Å². The lowest BCUT2D eigenvalue weighted by Crippen LogP contribution is -2.16. The quantitative estimate of drug-likeness (QED) is 0.540. The van der Waals surface area contributed by atoms with Crippen LogP contribution in [0.5, 0.6) is 5.75 Å². The van der Waals surface area contributed by atoms with Crippen LogP contribution in [0.4, 0.5) is 0 Å². The second kappa shape index (κ2) is 9.05. The number of esters is 1. The van der Waals surface area contributed by atoms with Gasteiger partial charge in [-0.05, 0) is 63.4 Å². The summed E-state index contributed by atoms with van der Waals surface area (Å²) in [4.78, 5) is 39.2. The van der Waals surface area contributed by atoms with E-state index < -0.39 is 12.6 Å². The van der Waals surface area contributed by atoms with E-state index in [1.807, 2.05) is 0 Å². The topological polar surface area (TPSA) is 94.7 Å². The first-order valence-electron chi connectivity index (χ1n) is 9.61. The van der Waals surface area contributed by atoms with E-state index in [9.17, 15) is 14.4 Å². The van der Waals surface area contributed by atoms with Gasteiger partial charge in [-0.1, -0.05) is 0 Å². The van der Waals surface area contributed by atoms with Crippen molar-refractivity contribution < 1.29 is 28.6 Å². The van der Waals surface area contributed by atoms with E-state index in [-0.39, 0.29) is 17.7 Å². The van der Waals surface area contributed by atoms with Gasteiger partial charge in [0.05, 0.1) is 17.4 Å². The zero-order chi connectivity index (χ0) is 21.0. The van der Waals surface area contributed by atoms with Crippen LogP contribution in [0.3, 0.4) is 0 Å². The number of carbonyl (C=O) groups is 3. The van der Waals surface area contributed by atoms with E-state index in [1.54, 1.807) is 38.1 Å². The summed E-state index contributed by atoms with van der Waals surface area (Å²) in [5, 5.41) is 0. The fourth-order valence-corrected chi connectivity index (χ4v) is 3.50. The molecule has 0 radical (unpaired) electrons. The lowest BCUT2D eigenvalue weighted by Gasteiger charge is -2.11. The maximum Gasteiger partial charge on any atom is 0.338 e. The minimum Gasteiger partial charge on any atom is -0.491 e. The number of ketones is 2. The second-order valence-electron chi connectivity index (χ2n) is 7.15. The number of aromatic nitrogens is 1. The number of ether oxygens (including phenoxy) is 3. The van der Waals surface area contributed by atoms with Gasteiger partial charge in [-0.25, -0.2) is 4.79 Å². The monoisotopic (exact) mass is 399 g/mol. The lowest BCUT2D eigenvalue weighted by atomic mass is 10.1. The number of rotatable bonds is 8. The van der Waals surface area contributed by atoms with Crippen molar-refractivity contribution >= 4 is 17.5 Å². The summed E-state index contributed by atoms with van der Waals surface area (Å²) < 4.78 is 16.3. The van der Waals surface area contributed by atoms with Crippen LogP contribution in [0.2, 0.25) is 0 Å². The Morgan fingerprint density at radius 2 is 1.90 bits per heavy atom.